The van der Waals surface area contributed by atoms with Crippen molar-refractivity contribution >= 4 is 5.91 Å². The number of amides is 1. The van der Waals surface area contributed by atoms with Gasteiger partial charge >= 0.3 is 0 Å². The normalized spacial score (nSPS) is 19.2. The second kappa shape index (κ2) is 8.05. The summed E-state index contributed by atoms with van der Waals surface area (Å²) >= 11 is 0. The Bertz CT molecular complexity index is 662. The standard InChI is InChI=1S/C23H28N2O/c26-23(25-17-13-21(14-18-25)24-15-7-8-16-24)22(19-9-3-1-4-10-19)20-11-5-2-6-12-20/h1-6,9-12,21-22H,7-8,13-18H2. The summed E-state index contributed by atoms with van der Waals surface area (Å²) in [5, 5.41) is 0. The molecule has 0 aromatic heterocycles. The van der Waals surface area contributed by atoms with Gasteiger partial charge in [0.15, 0.2) is 0 Å². The lowest BCUT2D eigenvalue weighted by Crippen LogP contribution is -2.47. The maximum absolute atomic E-state index is 13.4. The van der Waals surface area contributed by atoms with Gasteiger partial charge in [0.05, 0.1) is 5.92 Å². The molecule has 3 heteroatoms. The van der Waals surface area contributed by atoms with Crippen LogP contribution in [0.4, 0.5) is 0 Å². The molecule has 2 heterocycles. The van der Waals surface area contributed by atoms with Crippen LogP contribution in [0.15, 0.2) is 60.7 Å². The number of rotatable bonds is 4. The van der Waals surface area contributed by atoms with Crippen molar-refractivity contribution in [2.24, 2.45) is 0 Å². The molecule has 2 aliphatic heterocycles. The smallest absolute Gasteiger partial charge is 0.234 e. The monoisotopic (exact) mass is 348 g/mol. The van der Waals surface area contributed by atoms with Gasteiger partial charge in [-0.3, -0.25) is 4.79 Å². The Hall–Kier alpha value is -2.13. The molecule has 0 spiro atoms. The molecule has 0 N–H and O–H groups in total. The van der Waals surface area contributed by atoms with E-state index in [-0.39, 0.29) is 11.8 Å². The fraction of sp³-hybridized carbons (Fsp3) is 0.435. The number of carbonyl (C=O) groups excluding carboxylic acids is 1. The number of hydrogen-bond donors (Lipinski definition) is 0. The Balaban J connectivity index is 1.50. The molecule has 0 saturated carbocycles. The fourth-order valence-corrected chi connectivity index (χ4v) is 4.51. The van der Waals surface area contributed by atoms with E-state index in [0.717, 1.165) is 37.1 Å². The number of likely N-dealkylation sites (tertiary alicyclic amines) is 2. The zero-order chi connectivity index (χ0) is 17.8. The van der Waals surface area contributed by atoms with Crippen LogP contribution in [0, 0.1) is 0 Å². The summed E-state index contributed by atoms with van der Waals surface area (Å²) in [4.78, 5) is 18.2. The molecule has 4 rings (SSSR count). The first-order chi connectivity index (χ1) is 12.8. The molecular weight excluding hydrogens is 320 g/mol. The Morgan fingerprint density at radius 3 is 1.77 bits per heavy atom. The quantitative estimate of drug-likeness (QED) is 0.836. The molecule has 26 heavy (non-hydrogen) atoms. The molecule has 2 aliphatic rings. The van der Waals surface area contributed by atoms with Crippen LogP contribution in [-0.2, 0) is 4.79 Å². The third kappa shape index (κ3) is 3.68. The first kappa shape index (κ1) is 17.3. The van der Waals surface area contributed by atoms with Gasteiger partial charge in [-0.05, 0) is 49.9 Å². The minimum atomic E-state index is -0.194. The van der Waals surface area contributed by atoms with E-state index in [9.17, 15) is 4.79 Å². The van der Waals surface area contributed by atoms with Crippen molar-refractivity contribution in [3.8, 4) is 0 Å². The number of piperidine rings is 1. The third-order valence-corrected chi connectivity index (χ3v) is 5.95. The minimum absolute atomic E-state index is 0.194. The van der Waals surface area contributed by atoms with E-state index >= 15 is 0 Å². The van der Waals surface area contributed by atoms with E-state index in [0.29, 0.717) is 6.04 Å². The molecule has 0 unspecified atom stereocenters. The zero-order valence-corrected chi connectivity index (χ0v) is 15.4. The Labute approximate surface area is 156 Å². The minimum Gasteiger partial charge on any atom is -0.342 e. The Morgan fingerprint density at radius 2 is 1.27 bits per heavy atom. The average molecular weight is 348 g/mol. The van der Waals surface area contributed by atoms with Gasteiger partial charge < -0.3 is 9.80 Å². The van der Waals surface area contributed by atoms with Crippen LogP contribution in [0.2, 0.25) is 0 Å². The molecule has 2 saturated heterocycles. The first-order valence-electron chi connectivity index (χ1n) is 9.95. The summed E-state index contributed by atoms with van der Waals surface area (Å²) in [6.45, 7) is 4.26. The summed E-state index contributed by atoms with van der Waals surface area (Å²) in [5.74, 6) is 0.0583. The number of hydrogen-bond acceptors (Lipinski definition) is 2. The maximum atomic E-state index is 13.4. The summed E-state index contributed by atoms with van der Waals surface area (Å²) in [6.07, 6.45) is 4.90. The lowest BCUT2D eigenvalue weighted by atomic mass is 9.89. The van der Waals surface area contributed by atoms with Gasteiger partial charge in [0, 0.05) is 19.1 Å². The van der Waals surface area contributed by atoms with Gasteiger partial charge in [-0.2, -0.15) is 0 Å². The van der Waals surface area contributed by atoms with Gasteiger partial charge in [-0.15, -0.1) is 0 Å². The fourth-order valence-electron chi connectivity index (χ4n) is 4.51. The van der Waals surface area contributed by atoms with Crippen LogP contribution < -0.4 is 0 Å². The molecule has 1 amide bonds. The van der Waals surface area contributed by atoms with Crippen molar-refractivity contribution in [2.75, 3.05) is 26.2 Å². The van der Waals surface area contributed by atoms with E-state index in [1.54, 1.807) is 0 Å². The Morgan fingerprint density at radius 1 is 0.769 bits per heavy atom. The van der Waals surface area contributed by atoms with Crippen LogP contribution >= 0.6 is 0 Å². The van der Waals surface area contributed by atoms with Crippen LogP contribution in [-0.4, -0.2) is 47.9 Å². The molecule has 0 bridgehead atoms. The lowest BCUT2D eigenvalue weighted by molar-refractivity contribution is -0.133. The van der Waals surface area contributed by atoms with Crippen molar-refractivity contribution in [1.82, 2.24) is 9.80 Å². The average Bonchev–Trinajstić information content (AvgIpc) is 3.25. The molecule has 0 aliphatic carbocycles. The van der Waals surface area contributed by atoms with Crippen LogP contribution in [0.3, 0.4) is 0 Å². The van der Waals surface area contributed by atoms with E-state index in [4.69, 9.17) is 0 Å². The van der Waals surface area contributed by atoms with Gasteiger partial charge in [0.1, 0.15) is 0 Å². The highest BCUT2D eigenvalue weighted by Gasteiger charge is 2.32. The maximum Gasteiger partial charge on any atom is 0.234 e. The van der Waals surface area contributed by atoms with Gasteiger partial charge in [0.25, 0.3) is 0 Å². The Kier molecular flexibility index (Phi) is 5.35. The van der Waals surface area contributed by atoms with Gasteiger partial charge in [-0.25, -0.2) is 0 Å². The number of carbonyl (C=O) groups is 1. The van der Waals surface area contributed by atoms with Crippen molar-refractivity contribution in [2.45, 2.75) is 37.6 Å². The molecule has 2 aromatic carbocycles. The van der Waals surface area contributed by atoms with Crippen LogP contribution in [0.25, 0.3) is 0 Å². The van der Waals surface area contributed by atoms with Crippen molar-refractivity contribution in [1.29, 1.82) is 0 Å². The van der Waals surface area contributed by atoms with Crippen LogP contribution in [0.5, 0.6) is 0 Å². The zero-order valence-electron chi connectivity index (χ0n) is 15.4. The molecule has 136 valence electrons. The van der Waals surface area contributed by atoms with E-state index in [1.807, 2.05) is 36.4 Å². The highest BCUT2D eigenvalue weighted by atomic mass is 16.2. The topological polar surface area (TPSA) is 23.6 Å². The van der Waals surface area contributed by atoms with Gasteiger partial charge in [-0.1, -0.05) is 60.7 Å². The SMILES string of the molecule is O=C(C(c1ccccc1)c1ccccc1)N1CCC(N2CCCC2)CC1. The second-order valence-corrected chi connectivity index (χ2v) is 7.55. The molecule has 2 fully saturated rings. The summed E-state index contributed by atoms with van der Waals surface area (Å²) in [7, 11) is 0. The predicted octanol–water partition coefficient (Wildman–Crippen LogP) is 3.91. The molecule has 2 aromatic rings. The van der Waals surface area contributed by atoms with E-state index in [1.165, 1.54) is 25.9 Å². The van der Waals surface area contributed by atoms with Crippen molar-refractivity contribution in [3.05, 3.63) is 71.8 Å². The molecule has 0 radical (unpaired) electrons. The molecule has 3 nitrogen and oxygen atoms in total. The second-order valence-electron chi connectivity index (χ2n) is 7.55. The third-order valence-electron chi connectivity index (χ3n) is 5.95. The predicted molar refractivity (Wildman–Crippen MR) is 105 cm³/mol. The van der Waals surface area contributed by atoms with Crippen LogP contribution in [0.1, 0.15) is 42.7 Å². The molecule has 0 atom stereocenters. The van der Waals surface area contributed by atoms with E-state index < -0.39 is 0 Å². The lowest BCUT2D eigenvalue weighted by Gasteiger charge is -2.38. The number of nitrogens with zero attached hydrogens (tertiary/aromatic N) is 2. The van der Waals surface area contributed by atoms with E-state index in [2.05, 4.69) is 34.1 Å². The van der Waals surface area contributed by atoms with Gasteiger partial charge in [0.2, 0.25) is 5.91 Å². The first-order valence-corrected chi connectivity index (χ1v) is 9.95. The summed E-state index contributed by atoms with van der Waals surface area (Å²) in [5.41, 5.74) is 2.18. The summed E-state index contributed by atoms with van der Waals surface area (Å²) < 4.78 is 0. The number of benzene rings is 2. The largest absolute Gasteiger partial charge is 0.342 e. The highest BCUT2D eigenvalue weighted by Crippen LogP contribution is 2.29. The van der Waals surface area contributed by atoms with Crippen molar-refractivity contribution in [3.63, 3.8) is 0 Å². The highest BCUT2D eigenvalue weighted by molar-refractivity contribution is 5.87. The summed E-state index contributed by atoms with van der Waals surface area (Å²) in [6, 6.07) is 21.1. The molecular formula is C23H28N2O. The van der Waals surface area contributed by atoms with Crippen molar-refractivity contribution < 1.29 is 4.79 Å².